The highest BCUT2D eigenvalue weighted by Crippen LogP contribution is 2.60. The Labute approximate surface area is 181 Å². The average Bonchev–Trinajstić information content (AvgIpc) is 3.27. The lowest BCUT2D eigenvalue weighted by Gasteiger charge is -2.28. The third-order valence-corrected chi connectivity index (χ3v) is 11.7. The van der Waals surface area contributed by atoms with Crippen LogP contribution in [0.5, 0.6) is 0 Å². The smallest absolute Gasteiger partial charge is 0.243 e. The number of amides is 2. The summed E-state index contributed by atoms with van der Waals surface area (Å²) in [5.74, 6) is -0.795. The van der Waals surface area contributed by atoms with Gasteiger partial charge in [0.15, 0.2) is 0 Å². The molecule has 152 valence electrons. The number of fused-ring (bicyclic) bond motifs is 5. The lowest BCUT2D eigenvalue weighted by Crippen LogP contribution is -2.37. The summed E-state index contributed by atoms with van der Waals surface area (Å²) in [7, 11) is -3.66. The number of hydrogen-bond acceptors (Lipinski definition) is 4. The summed E-state index contributed by atoms with van der Waals surface area (Å²) in [6, 6.07) is 6.19. The van der Waals surface area contributed by atoms with Crippen molar-refractivity contribution in [3.63, 3.8) is 0 Å². The number of imide groups is 1. The largest absolute Gasteiger partial charge is 0.274 e. The number of benzene rings is 1. The Bertz CT molecular complexity index is 902. The van der Waals surface area contributed by atoms with Gasteiger partial charge in [-0.15, -0.1) is 0 Å². The minimum absolute atomic E-state index is 0.103. The minimum atomic E-state index is -3.66. The van der Waals surface area contributed by atoms with Gasteiger partial charge in [0.25, 0.3) is 0 Å². The van der Waals surface area contributed by atoms with Crippen LogP contribution in [0.4, 0.5) is 5.69 Å². The number of alkyl halides is 2. The van der Waals surface area contributed by atoms with Crippen LogP contribution in [0.25, 0.3) is 0 Å². The van der Waals surface area contributed by atoms with E-state index in [1.807, 2.05) is 0 Å². The van der Waals surface area contributed by atoms with Crippen molar-refractivity contribution in [2.24, 2.45) is 23.7 Å². The predicted octanol–water partition coefficient (Wildman–Crippen LogP) is 3.00. The maximum Gasteiger partial charge on any atom is 0.243 e. The Balaban J connectivity index is 1.70. The normalized spacial score (nSPS) is 34.5. The van der Waals surface area contributed by atoms with Crippen molar-refractivity contribution in [1.29, 1.82) is 0 Å². The summed E-state index contributed by atoms with van der Waals surface area (Å²) in [6.45, 7) is 4.28. The van der Waals surface area contributed by atoms with E-state index >= 15 is 0 Å². The summed E-state index contributed by atoms with van der Waals surface area (Å²) in [4.78, 5) is 28.0. The Morgan fingerprint density at radius 3 is 2.07 bits per heavy atom. The third-order valence-electron chi connectivity index (χ3n) is 6.41. The van der Waals surface area contributed by atoms with Gasteiger partial charge in [0.05, 0.1) is 22.4 Å². The fourth-order valence-corrected chi connectivity index (χ4v) is 8.47. The molecule has 3 aliphatic rings. The van der Waals surface area contributed by atoms with E-state index in [9.17, 15) is 18.0 Å². The number of hydrogen-bond donors (Lipinski definition) is 0. The Kier molecular flexibility index (Phi) is 5.26. The summed E-state index contributed by atoms with van der Waals surface area (Å²) in [6.07, 6.45) is 0.864. The van der Waals surface area contributed by atoms with Gasteiger partial charge in [0.1, 0.15) is 0 Å². The highest BCUT2D eigenvalue weighted by atomic mass is 79.9. The molecule has 1 aromatic carbocycles. The van der Waals surface area contributed by atoms with Gasteiger partial charge in [-0.3, -0.25) is 9.59 Å². The number of halogens is 2. The van der Waals surface area contributed by atoms with Crippen molar-refractivity contribution in [1.82, 2.24) is 4.31 Å². The third kappa shape index (κ3) is 2.76. The van der Waals surface area contributed by atoms with E-state index in [4.69, 9.17) is 0 Å². The molecule has 4 rings (SSSR count). The number of carbonyl (C=O) groups excluding carboxylic acids is 2. The molecule has 0 spiro atoms. The first-order valence-electron chi connectivity index (χ1n) is 9.50. The molecule has 9 heteroatoms. The molecular weight excluding hydrogens is 512 g/mol. The second-order valence-corrected chi connectivity index (χ2v) is 11.7. The van der Waals surface area contributed by atoms with Crippen molar-refractivity contribution in [3.05, 3.63) is 24.3 Å². The molecule has 1 aromatic rings. The van der Waals surface area contributed by atoms with E-state index < -0.39 is 10.0 Å². The molecule has 2 aliphatic carbocycles. The molecule has 2 saturated carbocycles. The lowest BCUT2D eigenvalue weighted by atomic mass is 9.81. The van der Waals surface area contributed by atoms with E-state index in [0.29, 0.717) is 18.8 Å². The van der Waals surface area contributed by atoms with Crippen LogP contribution in [-0.4, -0.2) is 47.3 Å². The van der Waals surface area contributed by atoms with Gasteiger partial charge in [-0.2, -0.15) is 4.31 Å². The summed E-state index contributed by atoms with van der Waals surface area (Å²) < 4.78 is 27.1. The molecule has 6 nitrogen and oxygen atoms in total. The van der Waals surface area contributed by atoms with Crippen LogP contribution >= 0.6 is 31.9 Å². The Hall–Kier alpha value is -0.770. The second-order valence-electron chi connectivity index (χ2n) is 7.60. The average molecular weight is 534 g/mol. The van der Waals surface area contributed by atoms with E-state index in [1.54, 1.807) is 26.0 Å². The fourth-order valence-electron chi connectivity index (χ4n) is 5.10. The highest BCUT2D eigenvalue weighted by Gasteiger charge is 2.66. The predicted molar refractivity (Wildman–Crippen MR) is 113 cm³/mol. The molecule has 2 bridgehead atoms. The zero-order chi connectivity index (χ0) is 20.4. The number of nitrogens with zero attached hydrogens (tertiary/aromatic N) is 2. The minimum Gasteiger partial charge on any atom is -0.274 e. The van der Waals surface area contributed by atoms with Crippen LogP contribution in [0.1, 0.15) is 20.3 Å². The van der Waals surface area contributed by atoms with Crippen molar-refractivity contribution in [2.75, 3.05) is 18.0 Å². The molecular formula is C19H22Br2N2O4S. The topological polar surface area (TPSA) is 74.8 Å². The zero-order valence-corrected chi connectivity index (χ0v) is 19.6. The zero-order valence-electron chi connectivity index (χ0n) is 15.6. The van der Waals surface area contributed by atoms with E-state index in [0.717, 1.165) is 6.42 Å². The van der Waals surface area contributed by atoms with Gasteiger partial charge in [0.2, 0.25) is 21.8 Å². The van der Waals surface area contributed by atoms with E-state index in [1.165, 1.54) is 21.3 Å². The quantitative estimate of drug-likeness (QED) is 0.430. The monoisotopic (exact) mass is 532 g/mol. The van der Waals surface area contributed by atoms with E-state index in [2.05, 4.69) is 31.9 Å². The lowest BCUT2D eigenvalue weighted by molar-refractivity contribution is -0.123. The SMILES string of the molecule is CCN(CC)S(=O)(=O)c1cccc(N2C(=O)[C@H]3[C@@H]4C[C@@H]([C@@H](Br)[C@H]4Br)[C@@H]3C2=O)c1. The highest BCUT2D eigenvalue weighted by molar-refractivity contribution is 9.12. The molecule has 2 amide bonds. The van der Waals surface area contributed by atoms with Gasteiger partial charge < -0.3 is 0 Å². The van der Waals surface area contributed by atoms with Gasteiger partial charge in [0, 0.05) is 22.7 Å². The Morgan fingerprint density at radius 1 is 1.04 bits per heavy atom. The van der Waals surface area contributed by atoms with Gasteiger partial charge in [-0.25, -0.2) is 13.3 Å². The second kappa shape index (κ2) is 7.18. The van der Waals surface area contributed by atoms with Crippen LogP contribution in [0.3, 0.4) is 0 Å². The summed E-state index contributed by atoms with van der Waals surface area (Å²) >= 11 is 7.35. The molecule has 1 aliphatic heterocycles. The molecule has 0 N–H and O–H groups in total. The maximum absolute atomic E-state index is 13.2. The van der Waals surface area contributed by atoms with Crippen LogP contribution < -0.4 is 4.90 Å². The maximum atomic E-state index is 13.2. The molecule has 1 saturated heterocycles. The van der Waals surface area contributed by atoms with Crippen LogP contribution in [-0.2, 0) is 19.6 Å². The van der Waals surface area contributed by atoms with Crippen molar-refractivity contribution in [3.8, 4) is 0 Å². The number of rotatable bonds is 5. The van der Waals surface area contributed by atoms with Crippen LogP contribution in [0.2, 0.25) is 0 Å². The summed E-state index contributed by atoms with van der Waals surface area (Å²) in [5, 5.41) is 0. The first-order chi connectivity index (χ1) is 13.2. The molecule has 6 atom stereocenters. The summed E-state index contributed by atoms with van der Waals surface area (Å²) in [5.41, 5.74) is 0.342. The molecule has 0 radical (unpaired) electrons. The van der Waals surface area contributed by atoms with Gasteiger partial charge in [-0.1, -0.05) is 51.8 Å². The van der Waals surface area contributed by atoms with Crippen molar-refractivity contribution < 1.29 is 18.0 Å². The first kappa shape index (κ1) is 20.5. The molecule has 1 heterocycles. The number of carbonyl (C=O) groups is 2. The van der Waals surface area contributed by atoms with Crippen molar-refractivity contribution in [2.45, 2.75) is 34.8 Å². The van der Waals surface area contributed by atoms with Crippen LogP contribution in [0, 0.1) is 23.7 Å². The van der Waals surface area contributed by atoms with Crippen LogP contribution in [0.15, 0.2) is 29.2 Å². The molecule has 0 aromatic heterocycles. The fraction of sp³-hybridized carbons (Fsp3) is 0.579. The first-order valence-corrected chi connectivity index (χ1v) is 12.8. The standard InChI is InChI=1S/C19H22Br2N2O4S/c1-3-22(4-2)28(26,27)11-7-5-6-10(8-11)23-18(24)14-12-9-13(15(14)19(23)25)17(21)16(12)20/h5-8,12-17H,3-4,9H2,1-2H3/t12-,13+,14-,15-,16-,17+/m0/s1. The molecule has 0 unspecified atom stereocenters. The van der Waals surface area contributed by atoms with Gasteiger partial charge in [-0.05, 0) is 36.5 Å². The molecule has 3 fully saturated rings. The van der Waals surface area contributed by atoms with Gasteiger partial charge >= 0.3 is 0 Å². The van der Waals surface area contributed by atoms with E-state index in [-0.39, 0.29) is 50.0 Å². The number of sulfonamides is 1. The van der Waals surface area contributed by atoms with Crippen molar-refractivity contribution >= 4 is 59.4 Å². The Morgan fingerprint density at radius 2 is 1.57 bits per heavy atom. The molecule has 28 heavy (non-hydrogen) atoms. The number of anilines is 1.